The summed E-state index contributed by atoms with van der Waals surface area (Å²) >= 11 is 0. The first kappa shape index (κ1) is 18.3. The molecule has 7 heteroatoms. The highest BCUT2D eigenvalue weighted by atomic mass is 16.2. The number of hydrogen-bond donors (Lipinski definition) is 2. The molecule has 0 radical (unpaired) electrons. The van der Waals surface area contributed by atoms with Gasteiger partial charge < -0.3 is 10.6 Å². The van der Waals surface area contributed by atoms with Crippen molar-refractivity contribution in [2.24, 2.45) is 0 Å². The summed E-state index contributed by atoms with van der Waals surface area (Å²) in [6.45, 7) is 3.20. The zero-order valence-electron chi connectivity index (χ0n) is 15.2. The average Bonchev–Trinajstić information content (AvgIpc) is 2.65. The molecule has 138 valence electrons. The molecule has 7 nitrogen and oxygen atoms in total. The van der Waals surface area contributed by atoms with Crippen molar-refractivity contribution in [3.05, 3.63) is 64.7 Å². The number of anilines is 2. The van der Waals surface area contributed by atoms with Crippen LogP contribution in [0.4, 0.5) is 11.4 Å². The van der Waals surface area contributed by atoms with Crippen LogP contribution in [0.15, 0.2) is 53.3 Å². The molecular weight excluding hydrogens is 344 g/mol. The summed E-state index contributed by atoms with van der Waals surface area (Å²) in [5, 5.41) is 5.91. The maximum atomic E-state index is 12.7. The van der Waals surface area contributed by atoms with Crippen molar-refractivity contribution in [2.45, 2.75) is 26.8 Å². The fourth-order valence-electron chi connectivity index (χ4n) is 2.83. The van der Waals surface area contributed by atoms with Crippen LogP contribution < -0.4 is 16.2 Å². The van der Waals surface area contributed by atoms with Crippen molar-refractivity contribution in [1.82, 2.24) is 9.55 Å². The van der Waals surface area contributed by atoms with Gasteiger partial charge in [0.2, 0.25) is 11.8 Å². The third-order valence-corrected chi connectivity index (χ3v) is 4.05. The monoisotopic (exact) mass is 364 g/mol. The lowest BCUT2D eigenvalue weighted by atomic mass is 10.2. The smallest absolute Gasteiger partial charge is 0.261 e. The predicted octanol–water partition coefficient (Wildman–Crippen LogP) is 2.56. The molecule has 0 fully saturated rings. The number of nitrogens with one attached hydrogen (secondary N) is 2. The van der Waals surface area contributed by atoms with Gasteiger partial charge in [-0.1, -0.05) is 19.1 Å². The first-order chi connectivity index (χ1) is 13.0. The van der Waals surface area contributed by atoms with Gasteiger partial charge in [0, 0.05) is 24.7 Å². The molecule has 0 saturated heterocycles. The van der Waals surface area contributed by atoms with Crippen LogP contribution in [0.2, 0.25) is 0 Å². The molecule has 27 heavy (non-hydrogen) atoms. The number of benzene rings is 2. The van der Waals surface area contributed by atoms with E-state index in [1.54, 1.807) is 42.5 Å². The summed E-state index contributed by atoms with van der Waals surface area (Å²) in [5.41, 5.74) is 1.62. The number of fused-ring (bicyclic) bond motifs is 1. The fraction of sp³-hybridized carbons (Fsp3) is 0.200. The Morgan fingerprint density at radius 3 is 2.26 bits per heavy atom. The van der Waals surface area contributed by atoms with Gasteiger partial charge in [-0.25, -0.2) is 4.98 Å². The van der Waals surface area contributed by atoms with Crippen molar-refractivity contribution in [1.29, 1.82) is 0 Å². The van der Waals surface area contributed by atoms with Gasteiger partial charge in [0.25, 0.3) is 5.56 Å². The summed E-state index contributed by atoms with van der Waals surface area (Å²) in [6, 6.07) is 13.9. The molecule has 2 aromatic carbocycles. The molecule has 0 aliphatic heterocycles. The van der Waals surface area contributed by atoms with Crippen LogP contribution >= 0.6 is 0 Å². The van der Waals surface area contributed by atoms with Gasteiger partial charge in [0.1, 0.15) is 12.4 Å². The van der Waals surface area contributed by atoms with Gasteiger partial charge in [-0.15, -0.1) is 0 Å². The van der Waals surface area contributed by atoms with E-state index in [2.05, 4.69) is 15.6 Å². The van der Waals surface area contributed by atoms with E-state index < -0.39 is 0 Å². The number of aryl methyl sites for hydroxylation is 1. The van der Waals surface area contributed by atoms with Crippen LogP contribution in [-0.2, 0) is 22.6 Å². The summed E-state index contributed by atoms with van der Waals surface area (Å²) in [4.78, 5) is 40.7. The number of amides is 2. The number of nitrogens with zero attached hydrogens (tertiary/aromatic N) is 2. The second-order valence-electron chi connectivity index (χ2n) is 6.10. The van der Waals surface area contributed by atoms with Crippen LogP contribution in [0, 0.1) is 0 Å². The maximum Gasteiger partial charge on any atom is 0.261 e. The van der Waals surface area contributed by atoms with E-state index in [9.17, 15) is 14.4 Å². The number of carbonyl (C=O) groups excluding carboxylic acids is 2. The molecular formula is C20H20N4O3. The maximum absolute atomic E-state index is 12.7. The molecule has 0 saturated carbocycles. The van der Waals surface area contributed by atoms with Crippen LogP contribution in [0.25, 0.3) is 10.9 Å². The quantitative estimate of drug-likeness (QED) is 0.728. The lowest BCUT2D eigenvalue weighted by Gasteiger charge is -2.13. The Balaban J connectivity index is 1.80. The van der Waals surface area contributed by atoms with Crippen molar-refractivity contribution in [3.8, 4) is 0 Å². The molecule has 0 aliphatic rings. The molecule has 3 rings (SSSR count). The standard InChI is InChI=1S/C20H20N4O3/c1-3-18-23-17-7-5-4-6-16(17)20(27)24(18)12-19(26)22-15-10-8-14(9-11-15)21-13(2)25/h4-11H,3,12H2,1-2H3,(H,21,25)(H,22,26). The Hall–Kier alpha value is -3.48. The molecule has 0 bridgehead atoms. The molecule has 1 heterocycles. The molecule has 0 aliphatic carbocycles. The van der Waals surface area contributed by atoms with E-state index in [1.807, 2.05) is 13.0 Å². The number of para-hydroxylation sites is 1. The Morgan fingerprint density at radius 1 is 1.00 bits per heavy atom. The van der Waals surface area contributed by atoms with Gasteiger partial charge >= 0.3 is 0 Å². The second-order valence-corrected chi connectivity index (χ2v) is 6.10. The SMILES string of the molecule is CCc1nc2ccccc2c(=O)n1CC(=O)Nc1ccc(NC(C)=O)cc1. The van der Waals surface area contributed by atoms with E-state index in [0.29, 0.717) is 34.5 Å². The first-order valence-electron chi connectivity index (χ1n) is 8.64. The molecule has 0 unspecified atom stereocenters. The minimum absolute atomic E-state index is 0.118. The van der Waals surface area contributed by atoms with Crippen molar-refractivity contribution in [3.63, 3.8) is 0 Å². The highest BCUT2D eigenvalue weighted by Crippen LogP contribution is 2.14. The Kier molecular flexibility index (Phi) is 5.30. The summed E-state index contributed by atoms with van der Waals surface area (Å²) in [7, 11) is 0. The summed E-state index contributed by atoms with van der Waals surface area (Å²) < 4.78 is 1.41. The van der Waals surface area contributed by atoms with E-state index in [-0.39, 0.29) is 23.9 Å². The van der Waals surface area contributed by atoms with E-state index in [4.69, 9.17) is 0 Å². The summed E-state index contributed by atoms with van der Waals surface area (Å²) in [5.74, 6) is 0.0769. The van der Waals surface area contributed by atoms with Crippen LogP contribution in [0.3, 0.4) is 0 Å². The molecule has 1 aromatic heterocycles. The number of carbonyl (C=O) groups is 2. The Morgan fingerprint density at radius 2 is 1.63 bits per heavy atom. The predicted molar refractivity (Wildman–Crippen MR) is 105 cm³/mol. The van der Waals surface area contributed by atoms with Crippen LogP contribution in [0.1, 0.15) is 19.7 Å². The fourth-order valence-corrected chi connectivity index (χ4v) is 2.83. The lowest BCUT2D eigenvalue weighted by Crippen LogP contribution is -2.31. The summed E-state index contributed by atoms with van der Waals surface area (Å²) in [6.07, 6.45) is 0.540. The minimum Gasteiger partial charge on any atom is -0.326 e. The molecule has 0 spiro atoms. The average molecular weight is 364 g/mol. The number of aromatic nitrogens is 2. The highest BCUT2D eigenvalue weighted by molar-refractivity contribution is 5.92. The largest absolute Gasteiger partial charge is 0.326 e. The number of hydrogen-bond acceptors (Lipinski definition) is 4. The first-order valence-corrected chi connectivity index (χ1v) is 8.64. The minimum atomic E-state index is -0.323. The van der Waals surface area contributed by atoms with Crippen molar-refractivity contribution < 1.29 is 9.59 Å². The zero-order chi connectivity index (χ0) is 19.4. The number of rotatable bonds is 5. The topological polar surface area (TPSA) is 93.1 Å². The highest BCUT2D eigenvalue weighted by Gasteiger charge is 2.13. The van der Waals surface area contributed by atoms with Gasteiger partial charge in [-0.05, 0) is 36.4 Å². The van der Waals surface area contributed by atoms with E-state index in [1.165, 1.54) is 11.5 Å². The molecule has 2 N–H and O–H groups in total. The molecule has 3 aromatic rings. The van der Waals surface area contributed by atoms with Crippen molar-refractivity contribution >= 4 is 34.1 Å². The second kappa shape index (κ2) is 7.82. The zero-order valence-corrected chi connectivity index (χ0v) is 15.2. The van der Waals surface area contributed by atoms with Gasteiger partial charge in [0.15, 0.2) is 0 Å². The lowest BCUT2D eigenvalue weighted by molar-refractivity contribution is -0.117. The molecule has 2 amide bonds. The Bertz CT molecular complexity index is 1060. The van der Waals surface area contributed by atoms with Crippen LogP contribution in [-0.4, -0.2) is 21.4 Å². The normalized spacial score (nSPS) is 10.6. The van der Waals surface area contributed by atoms with Gasteiger partial charge in [0.05, 0.1) is 10.9 Å². The van der Waals surface area contributed by atoms with Crippen LogP contribution in [0.5, 0.6) is 0 Å². The Labute approximate surface area is 156 Å². The van der Waals surface area contributed by atoms with Gasteiger partial charge in [-0.2, -0.15) is 0 Å². The third kappa shape index (κ3) is 4.20. The molecule has 0 atom stereocenters. The third-order valence-electron chi connectivity index (χ3n) is 4.05. The van der Waals surface area contributed by atoms with E-state index in [0.717, 1.165) is 0 Å². The van der Waals surface area contributed by atoms with Gasteiger partial charge in [-0.3, -0.25) is 19.0 Å². The van der Waals surface area contributed by atoms with Crippen molar-refractivity contribution in [2.75, 3.05) is 10.6 Å². The van der Waals surface area contributed by atoms with E-state index >= 15 is 0 Å².